The number of ether oxygens (including phenoxy) is 2. The van der Waals surface area contributed by atoms with Crippen LogP contribution in [0.3, 0.4) is 0 Å². The molecule has 1 N–H and O–H groups in total. The highest BCUT2D eigenvalue weighted by Crippen LogP contribution is 2.41. The van der Waals surface area contributed by atoms with Gasteiger partial charge in [0.25, 0.3) is 0 Å². The van der Waals surface area contributed by atoms with E-state index in [-0.39, 0.29) is 11.5 Å². The normalized spacial score (nSPS) is 10.9. The van der Waals surface area contributed by atoms with Crippen molar-refractivity contribution in [1.29, 1.82) is 0 Å². The molecule has 0 aromatic heterocycles. The summed E-state index contributed by atoms with van der Waals surface area (Å²) >= 11 is 0. The fourth-order valence-corrected chi connectivity index (χ4v) is 3.06. The van der Waals surface area contributed by atoms with Crippen molar-refractivity contribution in [2.45, 2.75) is 18.7 Å². The Bertz CT molecular complexity index is 1090. The molecule has 7 heteroatoms. The highest BCUT2D eigenvalue weighted by Gasteiger charge is 2.18. The van der Waals surface area contributed by atoms with Crippen LogP contribution in [0.25, 0.3) is 0 Å². The van der Waals surface area contributed by atoms with Crippen LogP contribution in [0.5, 0.6) is 23.0 Å². The predicted molar refractivity (Wildman–Crippen MR) is 116 cm³/mol. The van der Waals surface area contributed by atoms with E-state index in [9.17, 15) is 13.0 Å². The average molecular weight is 430 g/mol. The molecule has 0 unspecified atom stereocenters. The first-order valence-corrected chi connectivity index (χ1v) is 10.8. The van der Waals surface area contributed by atoms with Crippen molar-refractivity contribution in [2.75, 3.05) is 21.1 Å². The summed E-state index contributed by atoms with van der Waals surface area (Å²) in [4.78, 5) is 0.951. The lowest BCUT2D eigenvalue weighted by atomic mass is 10.2. The van der Waals surface area contributed by atoms with Crippen LogP contribution < -0.4 is 14.4 Å². The maximum Gasteiger partial charge on any atom is 0.187 e. The maximum atomic E-state index is 11.7. The van der Waals surface area contributed by atoms with E-state index in [1.165, 1.54) is 17.0 Å². The molecule has 0 fully saturated rings. The van der Waals surface area contributed by atoms with E-state index >= 15 is 0 Å². The molecular formula is C23H27NO5S. The third kappa shape index (κ3) is 6.59. The highest BCUT2D eigenvalue weighted by atomic mass is 32.2. The Morgan fingerprint density at radius 3 is 1.60 bits per heavy atom. The van der Waals surface area contributed by atoms with Crippen LogP contribution in [0, 0.1) is 13.8 Å². The van der Waals surface area contributed by atoms with Gasteiger partial charge in [0.1, 0.15) is 26.5 Å². The van der Waals surface area contributed by atoms with Crippen LogP contribution in [0.2, 0.25) is 0 Å². The van der Waals surface area contributed by atoms with Crippen LogP contribution in [0.15, 0.2) is 71.6 Å². The third-order valence-corrected chi connectivity index (χ3v) is 4.69. The van der Waals surface area contributed by atoms with E-state index in [0.29, 0.717) is 11.5 Å². The summed E-state index contributed by atoms with van der Waals surface area (Å²) in [5.74, 6) is 1.01. The monoisotopic (exact) mass is 429 g/mol. The van der Waals surface area contributed by atoms with Gasteiger partial charge in [0, 0.05) is 0 Å². The molecule has 0 atom stereocenters. The van der Waals surface area contributed by atoms with Crippen LogP contribution in [0.4, 0.5) is 0 Å². The second-order valence-electron chi connectivity index (χ2n) is 7.27. The number of aryl methyl sites for hydroxylation is 2. The van der Waals surface area contributed by atoms with Gasteiger partial charge in [-0.25, -0.2) is 8.42 Å². The van der Waals surface area contributed by atoms with Gasteiger partial charge in [-0.2, -0.15) is 0 Å². The molecule has 3 aromatic carbocycles. The Balaban J connectivity index is 0.000000735. The largest absolute Gasteiger partial charge is 0.744 e. The Kier molecular flexibility index (Phi) is 8.00. The maximum absolute atomic E-state index is 11.7. The molecule has 3 rings (SSSR count). The number of quaternary nitrogens is 1. The first-order valence-electron chi connectivity index (χ1n) is 9.42. The van der Waals surface area contributed by atoms with Crippen molar-refractivity contribution in [3.05, 3.63) is 77.9 Å². The average Bonchev–Trinajstić information content (AvgIpc) is 2.65. The molecule has 0 aliphatic heterocycles. The van der Waals surface area contributed by atoms with Crippen LogP contribution >= 0.6 is 0 Å². The van der Waals surface area contributed by atoms with Gasteiger partial charge in [-0.05, 0) is 49.2 Å². The fourth-order valence-electron chi connectivity index (χ4n) is 2.44. The second kappa shape index (κ2) is 10.2. The van der Waals surface area contributed by atoms with E-state index < -0.39 is 15.0 Å². The molecule has 0 aliphatic rings. The van der Waals surface area contributed by atoms with E-state index in [0.717, 1.165) is 11.1 Å². The van der Waals surface area contributed by atoms with Crippen LogP contribution in [0.1, 0.15) is 11.1 Å². The van der Waals surface area contributed by atoms with Crippen molar-refractivity contribution < 1.29 is 27.3 Å². The standard InChI is InChI=1S/C20H18O5S.C3H9N/c1-14-8-3-5-10-16(14)24-18-12-7-13-19(26(21,22)23)20(18)25-17-11-6-4-9-15(17)2;1-4(2)3/h3-13H,1-2H3,(H,21,22,23);1-3H3. The van der Waals surface area contributed by atoms with Gasteiger partial charge in [-0.1, -0.05) is 42.5 Å². The molecule has 0 aliphatic carbocycles. The summed E-state index contributed by atoms with van der Waals surface area (Å²) in [6.07, 6.45) is 0. The summed E-state index contributed by atoms with van der Waals surface area (Å²) in [7, 11) is 1.50. The number of nitrogens with one attached hydrogen (secondary N) is 1. The van der Waals surface area contributed by atoms with E-state index in [1.54, 1.807) is 30.3 Å². The van der Waals surface area contributed by atoms with Crippen molar-refractivity contribution in [2.24, 2.45) is 0 Å². The van der Waals surface area contributed by atoms with Gasteiger partial charge in [-0.3, -0.25) is 0 Å². The van der Waals surface area contributed by atoms with Gasteiger partial charge >= 0.3 is 0 Å². The zero-order chi connectivity index (χ0) is 22.3. The molecule has 0 heterocycles. The fraction of sp³-hybridized carbons (Fsp3) is 0.217. The Morgan fingerprint density at radius 2 is 1.13 bits per heavy atom. The minimum absolute atomic E-state index is 0.125. The summed E-state index contributed by atoms with van der Waals surface area (Å²) in [6.45, 7) is 3.69. The summed E-state index contributed by atoms with van der Waals surface area (Å²) in [5.41, 5.74) is 1.66. The summed E-state index contributed by atoms with van der Waals surface area (Å²) in [5, 5.41) is 0. The smallest absolute Gasteiger partial charge is 0.187 e. The SMILES string of the molecule is C[NH+](C)C.Cc1ccccc1Oc1cccc(S(=O)(=O)[O-])c1Oc1ccccc1C. The molecule has 0 radical (unpaired) electrons. The molecule has 0 spiro atoms. The minimum atomic E-state index is -4.75. The van der Waals surface area contributed by atoms with Crippen molar-refractivity contribution in [3.8, 4) is 23.0 Å². The molecule has 160 valence electrons. The first-order chi connectivity index (χ1) is 14.1. The lowest BCUT2D eigenvalue weighted by Gasteiger charge is -2.19. The van der Waals surface area contributed by atoms with E-state index in [4.69, 9.17) is 9.47 Å². The lowest BCUT2D eigenvalue weighted by Crippen LogP contribution is -3.02. The van der Waals surface area contributed by atoms with E-state index in [2.05, 4.69) is 21.1 Å². The minimum Gasteiger partial charge on any atom is -0.744 e. The summed E-state index contributed by atoms with van der Waals surface area (Å²) < 4.78 is 46.8. The lowest BCUT2D eigenvalue weighted by molar-refractivity contribution is -0.836. The molecule has 3 aromatic rings. The quantitative estimate of drug-likeness (QED) is 0.628. The van der Waals surface area contributed by atoms with E-state index in [1.807, 2.05) is 38.1 Å². The van der Waals surface area contributed by atoms with Gasteiger partial charge < -0.3 is 18.9 Å². The van der Waals surface area contributed by atoms with Gasteiger partial charge in [0.2, 0.25) is 0 Å². The number of para-hydroxylation sites is 3. The van der Waals surface area contributed by atoms with Crippen LogP contribution in [-0.2, 0) is 10.1 Å². The zero-order valence-electron chi connectivity index (χ0n) is 17.8. The van der Waals surface area contributed by atoms with Crippen LogP contribution in [-0.4, -0.2) is 34.1 Å². The number of rotatable bonds is 5. The number of hydrogen-bond acceptors (Lipinski definition) is 5. The zero-order valence-corrected chi connectivity index (χ0v) is 18.6. The Morgan fingerprint density at radius 1 is 0.700 bits per heavy atom. The molecule has 0 bridgehead atoms. The first kappa shape index (κ1) is 23.4. The molecule has 0 amide bonds. The molecule has 0 saturated carbocycles. The van der Waals surface area contributed by atoms with Crippen molar-refractivity contribution >= 4 is 10.1 Å². The molecular weight excluding hydrogens is 402 g/mol. The molecule has 6 nitrogen and oxygen atoms in total. The van der Waals surface area contributed by atoms with Crippen molar-refractivity contribution in [3.63, 3.8) is 0 Å². The number of hydrogen-bond donors (Lipinski definition) is 1. The third-order valence-electron chi connectivity index (χ3n) is 3.83. The van der Waals surface area contributed by atoms with Gasteiger partial charge in [0.05, 0.1) is 21.1 Å². The van der Waals surface area contributed by atoms with Crippen molar-refractivity contribution in [1.82, 2.24) is 0 Å². The second-order valence-corrected chi connectivity index (χ2v) is 8.62. The molecule has 30 heavy (non-hydrogen) atoms. The number of benzene rings is 3. The highest BCUT2D eigenvalue weighted by molar-refractivity contribution is 7.85. The predicted octanol–water partition coefficient (Wildman–Crippen LogP) is 3.55. The topological polar surface area (TPSA) is 80.1 Å². The van der Waals surface area contributed by atoms with Gasteiger partial charge in [-0.15, -0.1) is 0 Å². The summed E-state index contributed by atoms with van der Waals surface area (Å²) in [6, 6.07) is 18.6. The Labute approximate surface area is 178 Å². The molecule has 0 saturated heterocycles. The Hall–Kier alpha value is -2.87. The van der Waals surface area contributed by atoms with Gasteiger partial charge in [0.15, 0.2) is 11.5 Å².